The molecule has 4 nitrogen and oxygen atoms in total. The Morgan fingerprint density at radius 1 is 1.06 bits per heavy atom. The minimum atomic E-state index is 0.349. The second kappa shape index (κ2) is 4.78. The van der Waals surface area contributed by atoms with E-state index in [0.717, 1.165) is 21.3 Å². The molecule has 1 heterocycles. The zero-order valence-electron chi connectivity index (χ0n) is 9.45. The van der Waals surface area contributed by atoms with Crippen LogP contribution in [0.4, 0.5) is 0 Å². The van der Waals surface area contributed by atoms with Gasteiger partial charge in [0.2, 0.25) is 0 Å². The lowest BCUT2D eigenvalue weighted by Gasteiger charge is -2.06. The second-order valence-electron chi connectivity index (χ2n) is 3.81. The van der Waals surface area contributed by atoms with E-state index in [2.05, 4.69) is 26.2 Å². The van der Waals surface area contributed by atoms with Crippen molar-refractivity contribution in [3.8, 4) is 5.75 Å². The first-order valence-corrected chi connectivity index (χ1v) is 6.29. The van der Waals surface area contributed by atoms with Gasteiger partial charge in [-0.3, -0.25) is 0 Å². The van der Waals surface area contributed by atoms with Gasteiger partial charge in [0.05, 0.1) is 5.52 Å². The van der Waals surface area contributed by atoms with E-state index in [-0.39, 0.29) is 0 Å². The van der Waals surface area contributed by atoms with Crippen LogP contribution < -0.4 is 4.74 Å². The van der Waals surface area contributed by atoms with Crippen molar-refractivity contribution in [2.45, 2.75) is 6.73 Å². The van der Waals surface area contributed by atoms with Gasteiger partial charge in [0.25, 0.3) is 0 Å². The number of ether oxygens (including phenoxy) is 1. The van der Waals surface area contributed by atoms with Crippen molar-refractivity contribution in [1.29, 1.82) is 0 Å². The van der Waals surface area contributed by atoms with Crippen molar-refractivity contribution in [3.63, 3.8) is 0 Å². The molecule has 90 valence electrons. The molecule has 3 aromatic rings. The quantitative estimate of drug-likeness (QED) is 0.746. The Morgan fingerprint density at radius 2 is 1.83 bits per heavy atom. The van der Waals surface area contributed by atoms with Crippen LogP contribution in [0, 0.1) is 0 Å². The molecular weight excluding hydrogens is 294 g/mol. The predicted molar refractivity (Wildman–Crippen MR) is 72.3 cm³/mol. The zero-order chi connectivity index (χ0) is 12.4. The molecule has 0 atom stereocenters. The first-order valence-electron chi connectivity index (χ1n) is 5.49. The summed E-state index contributed by atoms with van der Waals surface area (Å²) >= 11 is 3.38. The van der Waals surface area contributed by atoms with Gasteiger partial charge in [0.15, 0.2) is 6.73 Å². The van der Waals surface area contributed by atoms with Gasteiger partial charge in [-0.25, -0.2) is 4.68 Å². The van der Waals surface area contributed by atoms with Gasteiger partial charge in [-0.2, -0.15) is 0 Å². The number of halogens is 1. The van der Waals surface area contributed by atoms with Gasteiger partial charge in [-0.1, -0.05) is 33.3 Å². The number of nitrogens with zero attached hydrogens (tertiary/aromatic N) is 3. The number of para-hydroxylation sites is 1. The summed E-state index contributed by atoms with van der Waals surface area (Å²) in [4.78, 5) is 0. The fraction of sp³-hybridized carbons (Fsp3) is 0.0769. The van der Waals surface area contributed by atoms with E-state index in [0.29, 0.717) is 6.73 Å². The molecule has 5 heteroatoms. The standard InChI is InChI=1S/C13H10BrN3O/c14-10-5-7-11(8-6-10)18-9-17-13-4-2-1-3-12(13)15-16-17/h1-8H,9H2. The molecule has 0 amide bonds. The molecule has 0 saturated heterocycles. The molecule has 0 fully saturated rings. The molecule has 0 spiro atoms. The molecule has 0 bridgehead atoms. The Kier molecular flexibility index (Phi) is 2.98. The maximum Gasteiger partial charge on any atom is 0.183 e. The molecule has 0 N–H and O–H groups in total. The number of hydrogen-bond acceptors (Lipinski definition) is 3. The number of benzene rings is 2. The lowest BCUT2D eigenvalue weighted by atomic mass is 10.3. The van der Waals surface area contributed by atoms with Crippen LogP contribution >= 0.6 is 15.9 Å². The summed E-state index contributed by atoms with van der Waals surface area (Å²) < 4.78 is 8.42. The highest BCUT2D eigenvalue weighted by molar-refractivity contribution is 9.10. The van der Waals surface area contributed by atoms with Crippen molar-refractivity contribution in [3.05, 3.63) is 53.0 Å². The minimum Gasteiger partial charge on any atom is -0.471 e. The summed E-state index contributed by atoms with van der Waals surface area (Å²) in [5.41, 5.74) is 1.84. The summed E-state index contributed by atoms with van der Waals surface area (Å²) in [5.74, 6) is 0.804. The van der Waals surface area contributed by atoms with Crippen LogP contribution in [0.1, 0.15) is 0 Å². The summed E-state index contributed by atoms with van der Waals surface area (Å²) in [5, 5.41) is 8.13. The second-order valence-corrected chi connectivity index (χ2v) is 4.72. The maximum absolute atomic E-state index is 5.65. The molecule has 0 unspecified atom stereocenters. The third-order valence-electron chi connectivity index (χ3n) is 2.59. The summed E-state index contributed by atoms with van der Waals surface area (Å²) in [6, 6.07) is 15.5. The van der Waals surface area contributed by atoms with Crippen molar-refractivity contribution in [2.24, 2.45) is 0 Å². The van der Waals surface area contributed by atoms with E-state index in [1.807, 2.05) is 48.5 Å². The van der Waals surface area contributed by atoms with E-state index in [9.17, 15) is 0 Å². The lowest BCUT2D eigenvalue weighted by molar-refractivity contribution is 0.223. The molecule has 0 radical (unpaired) electrons. The fourth-order valence-electron chi connectivity index (χ4n) is 1.68. The van der Waals surface area contributed by atoms with E-state index >= 15 is 0 Å². The van der Waals surface area contributed by atoms with E-state index < -0.39 is 0 Å². The van der Waals surface area contributed by atoms with Gasteiger partial charge in [0, 0.05) is 4.47 Å². The average Bonchev–Trinajstić information content (AvgIpc) is 2.82. The fourth-order valence-corrected chi connectivity index (χ4v) is 1.94. The summed E-state index contributed by atoms with van der Waals surface area (Å²) in [7, 11) is 0. The van der Waals surface area contributed by atoms with Crippen molar-refractivity contribution >= 4 is 27.0 Å². The molecule has 0 aliphatic carbocycles. The maximum atomic E-state index is 5.65. The largest absolute Gasteiger partial charge is 0.471 e. The molecule has 18 heavy (non-hydrogen) atoms. The Labute approximate surface area is 112 Å². The zero-order valence-corrected chi connectivity index (χ0v) is 11.0. The van der Waals surface area contributed by atoms with Crippen LogP contribution in [0.3, 0.4) is 0 Å². The molecule has 3 rings (SSSR count). The van der Waals surface area contributed by atoms with Crippen LogP contribution in [0.2, 0.25) is 0 Å². The third-order valence-corrected chi connectivity index (χ3v) is 3.12. The number of rotatable bonds is 3. The first kappa shape index (κ1) is 11.2. The van der Waals surface area contributed by atoms with Gasteiger partial charge < -0.3 is 4.74 Å². The molecule has 0 aliphatic rings. The minimum absolute atomic E-state index is 0.349. The monoisotopic (exact) mass is 303 g/mol. The van der Waals surface area contributed by atoms with Crippen LogP contribution in [0.15, 0.2) is 53.0 Å². The Hall–Kier alpha value is -1.88. The summed E-state index contributed by atoms with van der Waals surface area (Å²) in [6.45, 7) is 0.349. The van der Waals surface area contributed by atoms with Crippen LogP contribution in [-0.2, 0) is 6.73 Å². The highest BCUT2D eigenvalue weighted by atomic mass is 79.9. The Balaban J connectivity index is 1.79. The van der Waals surface area contributed by atoms with Crippen LogP contribution in [-0.4, -0.2) is 15.0 Å². The normalized spacial score (nSPS) is 10.7. The smallest absolute Gasteiger partial charge is 0.183 e. The lowest BCUT2D eigenvalue weighted by Crippen LogP contribution is -2.06. The van der Waals surface area contributed by atoms with Crippen LogP contribution in [0.5, 0.6) is 5.75 Å². The number of hydrogen-bond donors (Lipinski definition) is 0. The summed E-state index contributed by atoms with van der Waals surface area (Å²) in [6.07, 6.45) is 0. The van der Waals surface area contributed by atoms with Gasteiger partial charge >= 0.3 is 0 Å². The molecule has 0 saturated carbocycles. The van der Waals surface area contributed by atoms with E-state index in [1.165, 1.54) is 0 Å². The molecular formula is C13H10BrN3O. The molecule has 0 aliphatic heterocycles. The van der Waals surface area contributed by atoms with Crippen molar-refractivity contribution in [1.82, 2.24) is 15.0 Å². The van der Waals surface area contributed by atoms with Gasteiger partial charge in [0.1, 0.15) is 11.3 Å². The highest BCUT2D eigenvalue weighted by Crippen LogP contribution is 2.17. The SMILES string of the molecule is Brc1ccc(OCn2nnc3ccccc32)cc1. The number of aromatic nitrogens is 3. The van der Waals surface area contributed by atoms with Gasteiger partial charge in [-0.05, 0) is 36.4 Å². The molecule has 1 aromatic heterocycles. The topological polar surface area (TPSA) is 39.9 Å². The van der Waals surface area contributed by atoms with Crippen molar-refractivity contribution in [2.75, 3.05) is 0 Å². The first-order chi connectivity index (χ1) is 8.83. The molecule has 2 aromatic carbocycles. The predicted octanol–water partition coefficient (Wildman–Crippen LogP) is 3.23. The van der Waals surface area contributed by atoms with Crippen LogP contribution in [0.25, 0.3) is 11.0 Å². The Bertz CT molecular complexity index is 663. The highest BCUT2D eigenvalue weighted by Gasteiger charge is 2.03. The number of fused-ring (bicyclic) bond motifs is 1. The third kappa shape index (κ3) is 2.22. The van der Waals surface area contributed by atoms with Gasteiger partial charge in [-0.15, -0.1) is 5.10 Å². The van der Waals surface area contributed by atoms with E-state index in [4.69, 9.17) is 4.74 Å². The average molecular weight is 304 g/mol. The van der Waals surface area contributed by atoms with E-state index in [1.54, 1.807) is 4.68 Å². The van der Waals surface area contributed by atoms with Crippen molar-refractivity contribution < 1.29 is 4.74 Å². The Morgan fingerprint density at radius 3 is 2.67 bits per heavy atom.